The van der Waals surface area contributed by atoms with Crippen LogP contribution in [0.2, 0.25) is 0 Å². The first-order valence-electron chi connectivity index (χ1n) is 6.60. The summed E-state index contributed by atoms with van der Waals surface area (Å²) in [4.78, 5) is 6.76. The third-order valence-corrected chi connectivity index (χ3v) is 3.32. The molecular weight excluding hydrogens is 210 g/mol. The van der Waals surface area contributed by atoms with E-state index in [9.17, 15) is 0 Å². The van der Waals surface area contributed by atoms with Gasteiger partial charge in [-0.15, -0.1) is 0 Å². The molecule has 17 heavy (non-hydrogen) atoms. The number of hydrogen-bond acceptors (Lipinski definition) is 3. The monoisotopic (exact) mass is 233 g/mol. The van der Waals surface area contributed by atoms with Crippen molar-refractivity contribution in [2.45, 2.75) is 39.3 Å². The van der Waals surface area contributed by atoms with Crippen molar-refractivity contribution in [2.24, 2.45) is 0 Å². The van der Waals surface area contributed by atoms with Gasteiger partial charge in [0.2, 0.25) is 0 Å². The van der Waals surface area contributed by atoms with Crippen molar-refractivity contribution in [1.82, 2.24) is 15.2 Å². The van der Waals surface area contributed by atoms with Crippen LogP contribution >= 0.6 is 0 Å². The molecule has 0 spiro atoms. The number of likely N-dealkylation sites (tertiary alicyclic amines) is 1. The molecule has 2 rings (SSSR count). The van der Waals surface area contributed by atoms with E-state index in [2.05, 4.69) is 35.1 Å². The summed E-state index contributed by atoms with van der Waals surface area (Å²) in [5.74, 6) is 0. The second kappa shape index (κ2) is 6.12. The summed E-state index contributed by atoms with van der Waals surface area (Å²) in [6.07, 6.45) is 6.59. The molecule has 1 saturated heterocycles. The Labute approximate surface area is 104 Å². The van der Waals surface area contributed by atoms with Gasteiger partial charge >= 0.3 is 0 Å². The summed E-state index contributed by atoms with van der Waals surface area (Å²) in [5, 5.41) is 3.57. The number of nitrogens with one attached hydrogen (secondary N) is 1. The Morgan fingerprint density at radius 1 is 1.35 bits per heavy atom. The van der Waals surface area contributed by atoms with Crippen LogP contribution < -0.4 is 5.32 Å². The molecule has 1 aromatic rings. The Morgan fingerprint density at radius 3 is 2.82 bits per heavy atom. The van der Waals surface area contributed by atoms with Crippen LogP contribution in [0.4, 0.5) is 0 Å². The Morgan fingerprint density at radius 2 is 2.12 bits per heavy atom. The van der Waals surface area contributed by atoms with Crippen LogP contribution in [-0.4, -0.2) is 35.6 Å². The van der Waals surface area contributed by atoms with Gasteiger partial charge in [-0.1, -0.05) is 6.07 Å². The largest absolute Gasteiger partial charge is 0.309 e. The quantitative estimate of drug-likeness (QED) is 0.842. The van der Waals surface area contributed by atoms with Gasteiger partial charge in [-0.05, 0) is 50.9 Å². The van der Waals surface area contributed by atoms with Gasteiger partial charge in [0, 0.05) is 31.5 Å². The molecule has 94 valence electrons. The van der Waals surface area contributed by atoms with Gasteiger partial charge in [-0.25, -0.2) is 0 Å². The van der Waals surface area contributed by atoms with Crippen molar-refractivity contribution < 1.29 is 0 Å². The van der Waals surface area contributed by atoms with Gasteiger partial charge in [0.05, 0.1) is 0 Å². The molecule has 3 nitrogen and oxygen atoms in total. The Kier molecular flexibility index (Phi) is 4.51. The molecule has 1 N–H and O–H groups in total. The summed E-state index contributed by atoms with van der Waals surface area (Å²) in [7, 11) is 0. The minimum Gasteiger partial charge on any atom is -0.309 e. The second-order valence-electron chi connectivity index (χ2n) is 5.16. The maximum atomic E-state index is 4.22. The maximum Gasteiger partial charge on any atom is 0.0313 e. The number of aryl methyl sites for hydroxylation is 1. The molecular formula is C14H23N3. The van der Waals surface area contributed by atoms with Crippen LogP contribution in [0.15, 0.2) is 18.5 Å². The fourth-order valence-electron chi connectivity index (χ4n) is 2.42. The summed E-state index contributed by atoms with van der Waals surface area (Å²) < 4.78 is 0. The predicted octanol–water partition coefficient (Wildman–Crippen LogP) is 1.96. The summed E-state index contributed by atoms with van der Waals surface area (Å²) >= 11 is 0. The van der Waals surface area contributed by atoms with Crippen molar-refractivity contribution in [1.29, 1.82) is 0 Å². The molecule has 0 aliphatic carbocycles. The normalized spacial score (nSPS) is 18.5. The molecule has 1 aliphatic rings. The highest BCUT2D eigenvalue weighted by Crippen LogP contribution is 2.08. The lowest BCUT2D eigenvalue weighted by Crippen LogP contribution is -2.37. The summed E-state index contributed by atoms with van der Waals surface area (Å²) in [6, 6.07) is 2.75. The fourth-order valence-corrected chi connectivity index (χ4v) is 2.42. The van der Waals surface area contributed by atoms with E-state index in [1.54, 1.807) is 0 Å². The smallest absolute Gasteiger partial charge is 0.0313 e. The van der Waals surface area contributed by atoms with Crippen molar-refractivity contribution in [3.8, 4) is 0 Å². The van der Waals surface area contributed by atoms with Crippen LogP contribution in [0.1, 0.15) is 30.9 Å². The molecule has 1 aromatic heterocycles. The van der Waals surface area contributed by atoms with Crippen LogP contribution in [-0.2, 0) is 6.54 Å². The Balaban J connectivity index is 1.73. The average molecular weight is 233 g/mol. The lowest BCUT2D eigenvalue weighted by molar-refractivity contribution is 0.298. The number of pyridine rings is 1. The van der Waals surface area contributed by atoms with Gasteiger partial charge < -0.3 is 10.2 Å². The van der Waals surface area contributed by atoms with E-state index in [1.807, 2.05) is 12.4 Å². The van der Waals surface area contributed by atoms with Crippen LogP contribution in [0.3, 0.4) is 0 Å². The first-order chi connectivity index (χ1) is 8.24. The molecule has 3 heteroatoms. The van der Waals surface area contributed by atoms with Gasteiger partial charge in [0.15, 0.2) is 0 Å². The van der Waals surface area contributed by atoms with E-state index in [-0.39, 0.29) is 0 Å². The molecule has 0 aromatic carbocycles. The van der Waals surface area contributed by atoms with Crippen molar-refractivity contribution in [3.05, 3.63) is 29.6 Å². The minimum absolute atomic E-state index is 0.550. The van der Waals surface area contributed by atoms with E-state index in [0.29, 0.717) is 6.04 Å². The molecule has 0 amide bonds. The van der Waals surface area contributed by atoms with Gasteiger partial charge in [-0.3, -0.25) is 4.98 Å². The van der Waals surface area contributed by atoms with E-state index in [0.717, 1.165) is 6.54 Å². The number of rotatable bonds is 5. The highest BCUT2D eigenvalue weighted by atomic mass is 15.2. The molecule has 0 bridgehead atoms. The van der Waals surface area contributed by atoms with Gasteiger partial charge in [-0.2, -0.15) is 0 Å². The second-order valence-corrected chi connectivity index (χ2v) is 5.16. The molecule has 1 unspecified atom stereocenters. The zero-order valence-corrected chi connectivity index (χ0v) is 10.9. The standard InChI is InChI=1S/C14H23N3/c1-12-7-14(9-15-8-12)10-16-13(2)11-17-5-3-4-6-17/h7-9,13,16H,3-6,10-11H2,1-2H3. The van der Waals surface area contributed by atoms with Gasteiger partial charge in [0.25, 0.3) is 0 Å². The Hall–Kier alpha value is -0.930. The topological polar surface area (TPSA) is 28.2 Å². The first kappa shape index (κ1) is 12.5. The van der Waals surface area contributed by atoms with E-state index in [1.165, 1.54) is 43.6 Å². The van der Waals surface area contributed by atoms with Crippen LogP contribution in [0, 0.1) is 6.92 Å². The average Bonchev–Trinajstić information content (AvgIpc) is 2.79. The summed E-state index contributed by atoms with van der Waals surface area (Å²) in [5.41, 5.74) is 2.51. The molecule has 2 heterocycles. The maximum absolute atomic E-state index is 4.22. The zero-order valence-electron chi connectivity index (χ0n) is 10.9. The van der Waals surface area contributed by atoms with Crippen LogP contribution in [0.25, 0.3) is 0 Å². The molecule has 1 aliphatic heterocycles. The fraction of sp³-hybridized carbons (Fsp3) is 0.643. The molecule has 1 fully saturated rings. The number of aromatic nitrogens is 1. The van der Waals surface area contributed by atoms with Gasteiger partial charge in [0.1, 0.15) is 0 Å². The Bertz CT molecular complexity index is 345. The first-order valence-corrected chi connectivity index (χ1v) is 6.60. The number of nitrogens with zero attached hydrogens (tertiary/aromatic N) is 2. The molecule has 1 atom stereocenters. The highest BCUT2D eigenvalue weighted by molar-refractivity contribution is 5.16. The van der Waals surface area contributed by atoms with Crippen LogP contribution in [0.5, 0.6) is 0 Å². The van der Waals surface area contributed by atoms with Crippen molar-refractivity contribution in [2.75, 3.05) is 19.6 Å². The molecule has 0 saturated carbocycles. The predicted molar refractivity (Wildman–Crippen MR) is 70.9 cm³/mol. The van der Waals surface area contributed by atoms with Crippen molar-refractivity contribution in [3.63, 3.8) is 0 Å². The summed E-state index contributed by atoms with van der Waals surface area (Å²) in [6.45, 7) is 8.99. The lowest BCUT2D eigenvalue weighted by Gasteiger charge is -2.21. The van der Waals surface area contributed by atoms with E-state index < -0.39 is 0 Å². The van der Waals surface area contributed by atoms with E-state index in [4.69, 9.17) is 0 Å². The molecule has 0 radical (unpaired) electrons. The highest BCUT2D eigenvalue weighted by Gasteiger charge is 2.13. The van der Waals surface area contributed by atoms with Crippen molar-refractivity contribution >= 4 is 0 Å². The SMILES string of the molecule is Cc1cncc(CNC(C)CN2CCCC2)c1. The van der Waals surface area contributed by atoms with E-state index >= 15 is 0 Å². The third-order valence-electron chi connectivity index (χ3n) is 3.32. The lowest BCUT2D eigenvalue weighted by atomic mass is 10.2. The number of hydrogen-bond donors (Lipinski definition) is 1. The third kappa shape index (κ3) is 4.10. The minimum atomic E-state index is 0.550. The zero-order chi connectivity index (χ0) is 12.1.